The largest absolute Gasteiger partial charge is 0.493 e. The van der Waals surface area contributed by atoms with Gasteiger partial charge in [-0.3, -0.25) is 4.90 Å². The van der Waals surface area contributed by atoms with Crippen molar-refractivity contribution in [1.82, 2.24) is 4.90 Å². The lowest BCUT2D eigenvalue weighted by Gasteiger charge is -2.26. The summed E-state index contributed by atoms with van der Waals surface area (Å²) in [6.45, 7) is 9.60. The maximum Gasteiger partial charge on any atom is 0.161 e. The summed E-state index contributed by atoms with van der Waals surface area (Å²) < 4.78 is 16.6. The van der Waals surface area contributed by atoms with Gasteiger partial charge in [-0.05, 0) is 23.6 Å². The molecule has 20 heavy (non-hydrogen) atoms. The molecule has 1 aliphatic heterocycles. The molecule has 0 bridgehead atoms. The van der Waals surface area contributed by atoms with Crippen molar-refractivity contribution in [2.75, 3.05) is 46.6 Å². The first kappa shape index (κ1) is 15.1. The van der Waals surface area contributed by atoms with Gasteiger partial charge in [-0.1, -0.05) is 19.9 Å². The number of hydrogen-bond donors (Lipinski definition) is 0. The van der Waals surface area contributed by atoms with Crippen LogP contribution in [0.15, 0.2) is 18.2 Å². The monoisotopic (exact) mass is 279 g/mol. The second kappa shape index (κ2) is 7.50. The molecule has 0 aliphatic carbocycles. The second-order valence-electron chi connectivity index (χ2n) is 5.37. The third kappa shape index (κ3) is 4.12. The van der Waals surface area contributed by atoms with Crippen molar-refractivity contribution in [1.29, 1.82) is 0 Å². The van der Waals surface area contributed by atoms with Gasteiger partial charge >= 0.3 is 0 Å². The summed E-state index contributed by atoms with van der Waals surface area (Å²) in [5.74, 6) is 2.13. The summed E-state index contributed by atoms with van der Waals surface area (Å²) in [5, 5.41) is 0. The number of rotatable bonds is 6. The minimum atomic E-state index is 0.488. The predicted molar refractivity (Wildman–Crippen MR) is 79.8 cm³/mol. The predicted octanol–water partition coefficient (Wildman–Crippen LogP) is 2.53. The third-order valence-corrected chi connectivity index (χ3v) is 3.62. The zero-order valence-corrected chi connectivity index (χ0v) is 12.7. The van der Waals surface area contributed by atoms with Gasteiger partial charge in [-0.25, -0.2) is 0 Å². The van der Waals surface area contributed by atoms with Crippen LogP contribution < -0.4 is 9.47 Å². The maximum atomic E-state index is 5.91. The highest BCUT2D eigenvalue weighted by atomic mass is 16.5. The van der Waals surface area contributed by atoms with Crippen LogP contribution >= 0.6 is 0 Å². The topological polar surface area (TPSA) is 30.9 Å². The van der Waals surface area contributed by atoms with E-state index in [1.807, 2.05) is 6.07 Å². The molecule has 2 rings (SSSR count). The smallest absolute Gasteiger partial charge is 0.161 e. The SMILES string of the molecule is COc1ccc(C(C)C)cc1OCCN1CCOCC1. The number of hydrogen-bond acceptors (Lipinski definition) is 4. The standard InChI is InChI=1S/C16H25NO3/c1-13(2)14-4-5-15(18-3)16(12-14)20-11-8-17-6-9-19-10-7-17/h4-5,12-13H,6-11H2,1-3H3. The van der Waals surface area contributed by atoms with E-state index >= 15 is 0 Å². The zero-order chi connectivity index (χ0) is 14.4. The first-order chi connectivity index (χ1) is 9.70. The number of nitrogens with zero attached hydrogens (tertiary/aromatic N) is 1. The van der Waals surface area contributed by atoms with E-state index in [0.717, 1.165) is 44.3 Å². The molecule has 0 aromatic heterocycles. The quantitative estimate of drug-likeness (QED) is 0.800. The van der Waals surface area contributed by atoms with Crippen molar-refractivity contribution in [3.05, 3.63) is 23.8 Å². The van der Waals surface area contributed by atoms with Gasteiger partial charge in [0.05, 0.1) is 20.3 Å². The Hall–Kier alpha value is -1.26. The number of ether oxygens (including phenoxy) is 3. The van der Waals surface area contributed by atoms with Gasteiger partial charge in [0.2, 0.25) is 0 Å². The Labute approximate surface area is 121 Å². The van der Waals surface area contributed by atoms with E-state index in [4.69, 9.17) is 14.2 Å². The average Bonchev–Trinajstić information content (AvgIpc) is 2.48. The van der Waals surface area contributed by atoms with E-state index in [1.54, 1.807) is 7.11 Å². The maximum absolute atomic E-state index is 5.91. The Bertz CT molecular complexity index is 414. The average molecular weight is 279 g/mol. The summed E-state index contributed by atoms with van der Waals surface area (Å²) >= 11 is 0. The highest BCUT2D eigenvalue weighted by molar-refractivity contribution is 5.43. The summed E-state index contributed by atoms with van der Waals surface area (Å²) in [7, 11) is 1.68. The lowest BCUT2D eigenvalue weighted by atomic mass is 10.0. The lowest BCUT2D eigenvalue weighted by Crippen LogP contribution is -2.38. The lowest BCUT2D eigenvalue weighted by molar-refractivity contribution is 0.0321. The summed E-state index contributed by atoms with van der Waals surface area (Å²) in [6, 6.07) is 6.17. The Morgan fingerprint density at radius 1 is 1.20 bits per heavy atom. The van der Waals surface area contributed by atoms with Crippen molar-refractivity contribution in [2.45, 2.75) is 19.8 Å². The fraction of sp³-hybridized carbons (Fsp3) is 0.625. The van der Waals surface area contributed by atoms with E-state index in [0.29, 0.717) is 12.5 Å². The van der Waals surface area contributed by atoms with Gasteiger partial charge in [0.1, 0.15) is 6.61 Å². The van der Waals surface area contributed by atoms with Crippen LogP contribution in [0.25, 0.3) is 0 Å². The summed E-state index contributed by atoms with van der Waals surface area (Å²) in [6.07, 6.45) is 0. The van der Waals surface area contributed by atoms with Crippen LogP contribution in [-0.4, -0.2) is 51.5 Å². The molecule has 0 N–H and O–H groups in total. The zero-order valence-electron chi connectivity index (χ0n) is 12.7. The molecule has 1 aliphatic rings. The van der Waals surface area contributed by atoms with E-state index < -0.39 is 0 Å². The van der Waals surface area contributed by atoms with Gasteiger partial charge < -0.3 is 14.2 Å². The van der Waals surface area contributed by atoms with Crippen molar-refractivity contribution in [2.24, 2.45) is 0 Å². The third-order valence-electron chi connectivity index (χ3n) is 3.62. The van der Waals surface area contributed by atoms with Crippen molar-refractivity contribution in [3.8, 4) is 11.5 Å². The molecule has 1 heterocycles. The van der Waals surface area contributed by atoms with Gasteiger partial charge in [-0.15, -0.1) is 0 Å². The molecule has 0 atom stereocenters. The normalized spacial score (nSPS) is 16.4. The van der Waals surface area contributed by atoms with Crippen LogP contribution in [0.2, 0.25) is 0 Å². The van der Waals surface area contributed by atoms with E-state index in [-0.39, 0.29) is 0 Å². The van der Waals surface area contributed by atoms with Crippen LogP contribution in [0.1, 0.15) is 25.3 Å². The van der Waals surface area contributed by atoms with Crippen molar-refractivity contribution in [3.63, 3.8) is 0 Å². The van der Waals surface area contributed by atoms with Gasteiger partial charge in [-0.2, -0.15) is 0 Å². The molecule has 1 fully saturated rings. The molecular weight excluding hydrogens is 254 g/mol. The van der Waals surface area contributed by atoms with Crippen molar-refractivity contribution >= 4 is 0 Å². The highest BCUT2D eigenvalue weighted by Gasteiger charge is 2.11. The molecule has 1 saturated heterocycles. The number of morpholine rings is 1. The first-order valence-corrected chi connectivity index (χ1v) is 7.31. The molecule has 1 aromatic rings. The number of methoxy groups -OCH3 is 1. The minimum Gasteiger partial charge on any atom is -0.493 e. The molecular formula is C16H25NO3. The molecule has 0 radical (unpaired) electrons. The van der Waals surface area contributed by atoms with Gasteiger partial charge in [0.25, 0.3) is 0 Å². The van der Waals surface area contributed by atoms with E-state index in [1.165, 1.54) is 5.56 Å². The highest BCUT2D eigenvalue weighted by Crippen LogP contribution is 2.30. The number of benzene rings is 1. The minimum absolute atomic E-state index is 0.488. The molecule has 1 aromatic carbocycles. The van der Waals surface area contributed by atoms with Gasteiger partial charge in [0, 0.05) is 19.6 Å². The van der Waals surface area contributed by atoms with Crippen LogP contribution in [0.5, 0.6) is 11.5 Å². The molecule has 4 nitrogen and oxygen atoms in total. The molecule has 0 spiro atoms. The second-order valence-corrected chi connectivity index (χ2v) is 5.37. The van der Waals surface area contributed by atoms with Crippen molar-refractivity contribution < 1.29 is 14.2 Å². The molecule has 0 amide bonds. The molecule has 0 unspecified atom stereocenters. The van der Waals surface area contributed by atoms with Crippen LogP contribution in [0.4, 0.5) is 0 Å². The fourth-order valence-electron chi connectivity index (χ4n) is 2.27. The molecule has 0 saturated carbocycles. The van der Waals surface area contributed by atoms with Crippen LogP contribution in [0.3, 0.4) is 0 Å². The van der Waals surface area contributed by atoms with Crippen LogP contribution in [0, 0.1) is 0 Å². The first-order valence-electron chi connectivity index (χ1n) is 7.31. The van der Waals surface area contributed by atoms with E-state index in [9.17, 15) is 0 Å². The Morgan fingerprint density at radius 3 is 2.60 bits per heavy atom. The molecule has 112 valence electrons. The van der Waals surface area contributed by atoms with Gasteiger partial charge in [0.15, 0.2) is 11.5 Å². The summed E-state index contributed by atoms with van der Waals surface area (Å²) in [4.78, 5) is 2.36. The molecule has 4 heteroatoms. The van der Waals surface area contributed by atoms with Crippen LogP contribution in [-0.2, 0) is 4.74 Å². The fourth-order valence-corrected chi connectivity index (χ4v) is 2.27. The van der Waals surface area contributed by atoms with E-state index in [2.05, 4.69) is 30.9 Å². The summed E-state index contributed by atoms with van der Waals surface area (Å²) in [5.41, 5.74) is 1.27. The Morgan fingerprint density at radius 2 is 1.95 bits per heavy atom. The Balaban J connectivity index is 1.91. The Kier molecular flexibility index (Phi) is 5.68.